The fourth-order valence-electron chi connectivity index (χ4n) is 1.50. The molecule has 0 amide bonds. The molecule has 0 atom stereocenters. The van der Waals surface area contributed by atoms with Crippen molar-refractivity contribution in [3.63, 3.8) is 0 Å². The smallest absolute Gasteiger partial charge is 0.176 e. The van der Waals surface area contributed by atoms with Crippen LogP contribution in [0.2, 0.25) is 0 Å². The Balaban J connectivity index is 2.10. The second-order valence-corrected chi connectivity index (χ2v) is 4.76. The Morgan fingerprint density at radius 3 is 2.37 bits per heavy atom. The maximum absolute atomic E-state index is 13.4. The Labute approximate surface area is 112 Å². The lowest BCUT2D eigenvalue weighted by atomic mass is 10.1. The van der Waals surface area contributed by atoms with Gasteiger partial charge in [0, 0.05) is 4.90 Å². The van der Waals surface area contributed by atoms with E-state index in [2.05, 4.69) is 0 Å². The monoisotopic (exact) mass is 282 g/mol. The van der Waals surface area contributed by atoms with Crippen molar-refractivity contribution in [1.29, 1.82) is 0 Å². The van der Waals surface area contributed by atoms with Crippen LogP contribution in [-0.2, 0) is 0 Å². The van der Waals surface area contributed by atoms with Gasteiger partial charge < -0.3 is 0 Å². The van der Waals surface area contributed by atoms with Crippen LogP contribution in [0.4, 0.5) is 13.2 Å². The molecule has 0 spiro atoms. The molecule has 0 fully saturated rings. The van der Waals surface area contributed by atoms with E-state index < -0.39 is 23.2 Å². The number of thioether (sulfide) groups is 1. The van der Waals surface area contributed by atoms with Crippen LogP contribution < -0.4 is 0 Å². The molecule has 0 aliphatic rings. The molecular formula is C14H9F3OS. The van der Waals surface area contributed by atoms with Gasteiger partial charge in [-0.2, -0.15) is 0 Å². The van der Waals surface area contributed by atoms with Gasteiger partial charge in [0.2, 0.25) is 0 Å². The summed E-state index contributed by atoms with van der Waals surface area (Å²) in [5, 5.41) is 0. The number of hydrogen-bond donors (Lipinski definition) is 0. The van der Waals surface area contributed by atoms with Crippen LogP contribution in [0.25, 0.3) is 0 Å². The average molecular weight is 282 g/mol. The molecule has 0 saturated heterocycles. The molecule has 2 aromatic carbocycles. The zero-order valence-electron chi connectivity index (χ0n) is 9.70. The molecule has 98 valence electrons. The minimum Gasteiger partial charge on any atom is -0.293 e. The molecule has 0 radical (unpaired) electrons. The fraction of sp³-hybridized carbons (Fsp3) is 0.0714. The van der Waals surface area contributed by atoms with E-state index in [0.717, 1.165) is 17.8 Å². The molecule has 0 aliphatic heterocycles. The molecule has 1 nitrogen and oxygen atoms in total. The molecule has 0 heterocycles. The first kappa shape index (κ1) is 13.7. The molecular weight excluding hydrogens is 273 g/mol. The van der Waals surface area contributed by atoms with E-state index in [1.807, 2.05) is 0 Å². The van der Waals surface area contributed by atoms with Crippen LogP contribution in [0.5, 0.6) is 0 Å². The molecule has 0 saturated carbocycles. The van der Waals surface area contributed by atoms with E-state index in [4.69, 9.17) is 0 Å². The third kappa shape index (κ3) is 3.17. The van der Waals surface area contributed by atoms with E-state index in [-0.39, 0.29) is 11.3 Å². The Kier molecular flexibility index (Phi) is 4.27. The molecule has 2 rings (SSSR count). The zero-order valence-corrected chi connectivity index (χ0v) is 10.5. The maximum Gasteiger partial charge on any atom is 0.176 e. The number of rotatable bonds is 4. The molecule has 0 aliphatic carbocycles. The van der Waals surface area contributed by atoms with Gasteiger partial charge in [0.1, 0.15) is 5.82 Å². The average Bonchev–Trinajstić information content (AvgIpc) is 2.40. The summed E-state index contributed by atoms with van der Waals surface area (Å²) in [6.07, 6.45) is 0. The Hall–Kier alpha value is -1.75. The van der Waals surface area contributed by atoms with Crippen molar-refractivity contribution in [3.05, 3.63) is 65.5 Å². The van der Waals surface area contributed by atoms with Gasteiger partial charge in [-0.05, 0) is 24.3 Å². The van der Waals surface area contributed by atoms with E-state index in [0.29, 0.717) is 4.90 Å². The highest BCUT2D eigenvalue weighted by molar-refractivity contribution is 8.00. The van der Waals surface area contributed by atoms with Crippen molar-refractivity contribution in [1.82, 2.24) is 0 Å². The van der Waals surface area contributed by atoms with Gasteiger partial charge in [0.25, 0.3) is 0 Å². The molecule has 0 N–H and O–H groups in total. The summed E-state index contributed by atoms with van der Waals surface area (Å²) < 4.78 is 39.7. The number of carbonyl (C=O) groups is 1. The van der Waals surface area contributed by atoms with Gasteiger partial charge in [-0.25, -0.2) is 13.2 Å². The van der Waals surface area contributed by atoms with E-state index in [1.165, 1.54) is 30.3 Å². The summed E-state index contributed by atoms with van der Waals surface area (Å²) in [6, 6.07) is 9.38. The van der Waals surface area contributed by atoms with Crippen molar-refractivity contribution < 1.29 is 18.0 Å². The minimum atomic E-state index is -1.17. The molecule has 0 aromatic heterocycles. The summed E-state index contributed by atoms with van der Waals surface area (Å²) >= 11 is 0.951. The van der Waals surface area contributed by atoms with E-state index in [9.17, 15) is 18.0 Å². The second-order valence-electron chi connectivity index (χ2n) is 3.74. The first-order chi connectivity index (χ1) is 9.09. The second kappa shape index (κ2) is 5.93. The van der Waals surface area contributed by atoms with Crippen LogP contribution in [0, 0.1) is 17.5 Å². The lowest BCUT2D eigenvalue weighted by Gasteiger charge is -2.04. The third-order valence-electron chi connectivity index (χ3n) is 2.45. The zero-order chi connectivity index (χ0) is 13.8. The summed E-state index contributed by atoms with van der Waals surface area (Å²) in [7, 11) is 0. The van der Waals surface area contributed by atoms with Crippen LogP contribution in [0.3, 0.4) is 0 Å². The highest BCUT2D eigenvalue weighted by Gasteiger charge is 2.15. The first-order valence-electron chi connectivity index (χ1n) is 5.44. The predicted molar refractivity (Wildman–Crippen MR) is 67.8 cm³/mol. The van der Waals surface area contributed by atoms with E-state index in [1.54, 1.807) is 6.07 Å². The quantitative estimate of drug-likeness (QED) is 0.621. The highest BCUT2D eigenvalue weighted by atomic mass is 32.2. The van der Waals surface area contributed by atoms with Crippen molar-refractivity contribution in [3.8, 4) is 0 Å². The number of halogens is 3. The van der Waals surface area contributed by atoms with Crippen LogP contribution in [-0.4, -0.2) is 11.5 Å². The summed E-state index contributed by atoms with van der Waals surface area (Å²) in [6.45, 7) is 0. The molecule has 2 aromatic rings. The number of hydrogen-bond acceptors (Lipinski definition) is 2. The minimum absolute atomic E-state index is 0.151. The first-order valence-corrected chi connectivity index (χ1v) is 6.42. The van der Waals surface area contributed by atoms with Gasteiger partial charge >= 0.3 is 0 Å². The topological polar surface area (TPSA) is 17.1 Å². The normalized spacial score (nSPS) is 10.5. The van der Waals surface area contributed by atoms with Crippen molar-refractivity contribution in [2.24, 2.45) is 0 Å². The van der Waals surface area contributed by atoms with Gasteiger partial charge in [-0.15, -0.1) is 11.8 Å². The summed E-state index contributed by atoms with van der Waals surface area (Å²) in [4.78, 5) is 12.1. The lowest BCUT2D eigenvalue weighted by Crippen LogP contribution is -2.06. The van der Waals surface area contributed by atoms with Gasteiger partial charge in [0.15, 0.2) is 17.4 Å². The molecule has 5 heteroatoms. The Morgan fingerprint density at radius 1 is 0.947 bits per heavy atom. The largest absolute Gasteiger partial charge is 0.293 e. The van der Waals surface area contributed by atoms with Gasteiger partial charge in [0.05, 0.1) is 11.3 Å². The molecule has 0 bridgehead atoms. The van der Waals surface area contributed by atoms with Crippen LogP contribution in [0.1, 0.15) is 10.4 Å². The van der Waals surface area contributed by atoms with Gasteiger partial charge in [-0.3, -0.25) is 4.79 Å². The van der Waals surface area contributed by atoms with E-state index >= 15 is 0 Å². The summed E-state index contributed by atoms with van der Waals surface area (Å²) in [5.41, 5.74) is -0.316. The maximum atomic E-state index is 13.4. The van der Waals surface area contributed by atoms with Gasteiger partial charge in [-0.1, -0.05) is 18.2 Å². The number of Topliss-reactive ketones (excluding diaryl/α,β-unsaturated/α-hetero) is 1. The standard InChI is InChI=1S/C14H9F3OS/c15-10-5-1-2-7-13(10)19-8-12(18)9-4-3-6-11(16)14(9)17/h1-7H,8H2. The summed E-state index contributed by atoms with van der Waals surface area (Å²) in [5.74, 6) is -3.41. The molecule has 0 unspecified atom stereocenters. The fourth-order valence-corrected chi connectivity index (χ4v) is 2.32. The van der Waals surface area contributed by atoms with Crippen molar-refractivity contribution >= 4 is 17.5 Å². The lowest BCUT2D eigenvalue weighted by molar-refractivity contribution is 0.101. The number of ketones is 1. The Morgan fingerprint density at radius 2 is 1.63 bits per heavy atom. The van der Waals surface area contributed by atoms with Crippen LogP contribution in [0.15, 0.2) is 47.4 Å². The molecule has 19 heavy (non-hydrogen) atoms. The SMILES string of the molecule is O=C(CSc1ccccc1F)c1cccc(F)c1F. The predicted octanol–water partition coefficient (Wildman–Crippen LogP) is 4.08. The van der Waals surface area contributed by atoms with Crippen molar-refractivity contribution in [2.75, 3.05) is 5.75 Å². The van der Waals surface area contributed by atoms with Crippen molar-refractivity contribution in [2.45, 2.75) is 4.90 Å². The number of benzene rings is 2. The van der Waals surface area contributed by atoms with Crippen LogP contribution >= 0.6 is 11.8 Å². The Bertz CT molecular complexity index is 613. The number of carbonyl (C=O) groups excluding carboxylic acids is 1. The third-order valence-corrected chi connectivity index (χ3v) is 3.50. The highest BCUT2D eigenvalue weighted by Crippen LogP contribution is 2.23.